The predicted octanol–water partition coefficient (Wildman–Crippen LogP) is 2.21. The predicted molar refractivity (Wildman–Crippen MR) is 61.4 cm³/mol. The molecule has 0 aromatic heterocycles. The zero-order valence-corrected chi connectivity index (χ0v) is 8.70. The van der Waals surface area contributed by atoms with Gasteiger partial charge in [-0.3, -0.25) is 4.99 Å². The maximum absolute atomic E-state index is 5.72. The minimum Gasteiger partial charge on any atom is -0.370 e. The molecule has 14 heavy (non-hydrogen) atoms. The maximum atomic E-state index is 5.72. The first-order valence-electron chi connectivity index (χ1n) is 4.87. The van der Waals surface area contributed by atoms with Crippen LogP contribution >= 0.6 is 0 Å². The average Bonchev–Trinajstić information content (AvgIpc) is 2.19. The molecule has 0 saturated heterocycles. The highest BCUT2D eigenvalue weighted by Crippen LogP contribution is 2.04. The van der Waals surface area contributed by atoms with Crippen LogP contribution in [0.15, 0.2) is 35.3 Å². The summed E-state index contributed by atoms with van der Waals surface area (Å²) < 4.78 is 0. The molecule has 3 nitrogen and oxygen atoms in total. The molecule has 0 fully saturated rings. The smallest absolute Gasteiger partial charge is 0.193 e. The van der Waals surface area contributed by atoms with Crippen LogP contribution < -0.4 is 11.1 Å². The lowest BCUT2D eigenvalue weighted by atomic mass is 10.3. The zero-order valence-electron chi connectivity index (χ0n) is 8.70. The van der Waals surface area contributed by atoms with Crippen molar-refractivity contribution in [3.8, 4) is 0 Å². The van der Waals surface area contributed by atoms with Gasteiger partial charge in [0.15, 0.2) is 5.96 Å². The largest absolute Gasteiger partial charge is 0.370 e. The summed E-state index contributed by atoms with van der Waals surface area (Å²) in [6, 6.07) is 10.1. The van der Waals surface area contributed by atoms with Gasteiger partial charge in [-0.15, -0.1) is 0 Å². The topological polar surface area (TPSA) is 50.4 Å². The third kappa shape index (κ3) is 3.47. The third-order valence-electron chi connectivity index (χ3n) is 2.00. The molecule has 3 heteroatoms. The number of aliphatic imine (C=N–C) groups is 1. The van der Waals surface area contributed by atoms with E-state index in [9.17, 15) is 0 Å². The van der Waals surface area contributed by atoms with E-state index < -0.39 is 0 Å². The Morgan fingerprint density at radius 1 is 1.43 bits per heavy atom. The average molecular weight is 191 g/mol. The van der Waals surface area contributed by atoms with Crippen molar-refractivity contribution in [1.82, 2.24) is 0 Å². The molecular formula is C11H17N3. The van der Waals surface area contributed by atoms with E-state index in [1.54, 1.807) is 0 Å². The zero-order chi connectivity index (χ0) is 10.4. The quantitative estimate of drug-likeness (QED) is 0.568. The van der Waals surface area contributed by atoms with Gasteiger partial charge in [-0.05, 0) is 25.5 Å². The van der Waals surface area contributed by atoms with Gasteiger partial charge in [-0.2, -0.15) is 0 Å². The lowest BCUT2D eigenvalue weighted by Crippen LogP contribution is -2.24. The molecule has 0 aliphatic carbocycles. The molecule has 0 bridgehead atoms. The van der Waals surface area contributed by atoms with Gasteiger partial charge in [0.2, 0.25) is 0 Å². The fraction of sp³-hybridized carbons (Fsp3) is 0.364. The van der Waals surface area contributed by atoms with E-state index >= 15 is 0 Å². The number of anilines is 1. The van der Waals surface area contributed by atoms with Crippen LogP contribution in [0.5, 0.6) is 0 Å². The SMILES string of the molecule is CCC(C)N=C(N)Nc1ccccc1. The molecule has 0 heterocycles. The van der Waals surface area contributed by atoms with Gasteiger partial charge >= 0.3 is 0 Å². The maximum Gasteiger partial charge on any atom is 0.193 e. The molecule has 0 aliphatic heterocycles. The fourth-order valence-corrected chi connectivity index (χ4v) is 1.03. The van der Waals surface area contributed by atoms with Crippen molar-refractivity contribution in [2.45, 2.75) is 26.3 Å². The van der Waals surface area contributed by atoms with E-state index in [1.165, 1.54) is 0 Å². The molecule has 0 aliphatic rings. The van der Waals surface area contributed by atoms with Crippen LogP contribution in [0.2, 0.25) is 0 Å². The lowest BCUT2D eigenvalue weighted by Gasteiger charge is -2.07. The van der Waals surface area contributed by atoms with Crippen molar-refractivity contribution in [3.63, 3.8) is 0 Å². The first-order valence-corrected chi connectivity index (χ1v) is 4.87. The second-order valence-corrected chi connectivity index (χ2v) is 3.26. The Labute approximate surface area is 85.0 Å². The first kappa shape index (κ1) is 10.6. The van der Waals surface area contributed by atoms with E-state index in [2.05, 4.69) is 17.2 Å². The molecule has 0 amide bonds. The number of nitrogens with two attached hydrogens (primary N) is 1. The Morgan fingerprint density at radius 2 is 2.07 bits per heavy atom. The number of benzene rings is 1. The van der Waals surface area contributed by atoms with Gasteiger partial charge in [-0.1, -0.05) is 25.1 Å². The molecule has 1 unspecified atom stereocenters. The molecule has 0 spiro atoms. The normalized spacial score (nSPS) is 13.7. The molecule has 1 aromatic rings. The van der Waals surface area contributed by atoms with Gasteiger partial charge in [0.05, 0.1) is 6.04 Å². The summed E-state index contributed by atoms with van der Waals surface area (Å²) in [4.78, 5) is 4.27. The van der Waals surface area contributed by atoms with Crippen LogP contribution in [0, 0.1) is 0 Å². The number of rotatable bonds is 3. The number of guanidine groups is 1. The van der Waals surface area contributed by atoms with Crippen molar-refractivity contribution in [1.29, 1.82) is 0 Å². The van der Waals surface area contributed by atoms with Crippen LogP contribution in [-0.2, 0) is 0 Å². The molecule has 3 N–H and O–H groups in total. The van der Waals surface area contributed by atoms with E-state index in [0.29, 0.717) is 5.96 Å². The number of hydrogen-bond acceptors (Lipinski definition) is 1. The van der Waals surface area contributed by atoms with Crippen LogP contribution in [0.3, 0.4) is 0 Å². The summed E-state index contributed by atoms with van der Waals surface area (Å²) in [5.41, 5.74) is 6.69. The number of para-hydroxylation sites is 1. The van der Waals surface area contributed by atoms with Crippen molar-refractivity contribution >= 4 is 11.6 Å². The van der Waals surface area contributed by atoms with E-state index in [0.717, 1.165) is 12.1 Å². The van der Waals surface area contributed by atoms with E-state index in [-0.39, 0.29) is 6.04 Å². The molecular weight excluding hydrogens is 174 g/mol. The Balaban J connectivity index is 2.57. The fourth-order valence-electron chi connectivity index (χ4n) is 1.03. The van der Waals surface area contributed by atoms with Gasteiger partial charge in [0.1, 0.15) is 0 Å². The highest BCUT2D eigenvalue weighted by atomic mass is 15.1. The second-order valence-electron chi connectivity index (χ2n) is 3.26. The highest BCUT2D eigenvalue weighted by molar-refractivity contribution is 5.92. The minimum absolute atomic E-state index is 0.270. The Morgan fingerprint density at radius 3 is 2.64 bits per heavy atom. The highest BCUT2D eigenvalue weighted by Gasteiger charge is 1.97. The van der Waals surface area contributed by atoms with Crippen LogP contribution in [0.25, 0.3) is 0 Å². The summed E-state index contributed by atoms with van der Waals surface area (Å²) in [5, 5.41) is 3.03. The van der Waals surface area contributed by atoms with Crippen molar-refractivity contribution in [2.24, 2.45) is 10.7 Å². The van der Waals surface area contributed by atoms with Gasteiger partial charge in [0, 0.05) is 5.69 Å². The Hall–Kier alpha value is -1.51. The van der Waals surface area contributed by atoms with Crippen LogP contribution in [0.4, 0.5) is 5.69 Å². The molecule has 1 aromatic carbocycles. The minimum atomic E-state index is 0.270. The second kappa shape index (κ2) is 5.27. The molecule has 1 rings (SSSR count). The van der Waals surface area contributed by atoms with Crippen molar-refractivity contribution < 1.29 is 0 Å². The molecule has 76 valence electrons. The summed E-state index contributed by atoms with van der Waals surface area (Å²) in [6.45, 7) is 4.13. The number of nitrogens with zero attached hydrogens (tertiary/aromatic N) is 1. The number of hydrogen-bond donors (Lipinski definition) is 2. The van der Waals surface area contributed by atoms with E-state index in [1.807, 2.05) is 37.3 Å². The van der Waals surface area contributed by atoms with Gasteiger partial charge in [-0.25, -0.2) is 0 Å². The lowest BCUT2D eigenvalue weighted by molar-refractivity contribution is 0.716. The Bertz CT molecular complexity index is 293. The number of nitrogens with one attached hydrogen (secondary N) is 1. The van der Waals surface area contributed by atoms with Crippen LogP contribution in [0.1, 0.15) is 20.3 Å². The molecule has 0 radical (unpaired) electrons. The Kier molecular flexibility index (Phi) is 3.98. The molecule has 0 saturated carbocycles. The standard InChI is InChI=1S/C11H17N3/c1-3-9(2)13-11(12)14-10-7-5-4-6-8-10/h4-9H,3H2,1-2H3,(H3,12,13,14). The summed E-state index contributed by atoms with van der Waals surface area (Å²) in [7, 11) is 0. The summed E-state index contributed by atoms with van der Waals surface area (Å²) in [6.07, 6.45) is 0.997. The van der Waals surface area contributed by atoms with Crippen LogP contribution in [-0.4, -0.2) is 12.0 Å². The van der Waals surface area contributed by atoms with Gasteiger partial charge in [0.25, 0.3) is 0 Å². The van der Waals surface area contributed by atoms with Crippen molar-refractivity contribution in [3.05, 3.63) is 30.3 Å². The summed E-state index contributed by atoms with van der Waals surface area (Å²) in [5.74, 6) is 0.477. The summed E-state index contributed by atoms with van der Waals surface area (Å²) >= 11 is 0. The third-order valence-corrected chi connectivity index (χ3v) is 2.00. The molecule has 1 atom stereocenters. The first-order chi connectivity index (χ1) is 6.72. The van der Waals surface area contributed by atoms with Crippen molar-refractivity contribution in [2.75, 3.05) is 5.32 Å². The van der Waals surface area contributed by atoms with E-state index in [4.69, 9.17) is 5.73 Å². The van der Waals surface area contributed by atoms with Gasteiger partial charge < -0.3 is 11.1 Å². The monoisotopic (exact) mass is 191 g/mol.